The molecule has 2 aromatic heterocycles. The van der Waals surface area contributed by atoms with E-state index >= 15 is 0 Å². The number of aromatic nitrogens is 2. The monoisotopic (exact) mass is 400 g/mol. The highest BCUT2D eigenvalue weighted by atomic mass is 16.5. The first-order valence-electron chi connectivity index (χ1n) is 10.3. The van der Waals surface area contributed by atoms with E-state index in [2.05, 4.69) is 57.8 Å². The third kappa shape index (κ3) is 6.41. The maximum atomic E-state index is 11.3. The molecule has 0 bridgehead atoms. The molecule has 6 nitrogen and oxygen atoms in total. The van der Waals surface area contributed by atoms with Gasteiger partial charge in [-0.15, -0.1) is 0 Å². The van der Waals surface area contributed by atoms with Crippen LogP contribution in [-0.4, -0.2) is 38.5 Å². The number of carbonyl (C=O) groups excluding carboxylic acids is 1. The fraction of sp³-hybridized carbons (Fsp3) is 0.565. The van der Waals surface area contributed by atoms with Gasteiger partial charge in [-0.05, 0) is 42.2 Å². The van der Waals surface area contributed by atoms with Crippen molar-refractivity contribution in [3.63, 3.8) is 0 Å². The fourth-order valence-corrected chi connectivity index (χ4v) is 3.59. The van der Waals surface area contributed by atoms with Crippen molar-refractivity contribution >= 4 is 17.6 Å². The second-order valence-electron chi connectivity index (χ2n) is 9.93. The molecule has 2 rings (SSSR count). The smallest absolute Gasteiger partial charge is 0.267 e. The van der Waals surface area contributed by atoms with Crippen molar-refractivity contribution in [1.82, 2.24) is 19.8 Å². The Morgan fingerprint density at radius 3 is 2.52 bits per heavy atom. The molecule has 0 spiro atoms. The summed E-state index contributed by atoms with van der Waals surface area (Å²) in [7, 11) is 0. The van der Waals surface area contributed by atoms with Crippen molar-refractivity contribution in [2.45, 2.75) is 66.8 Å². The molecule has 0 fully saturated rings. The van der Waals surface area contributed by atoms with E-state index in [-0.39, 0.29) is 10.8 Å². The molecule has 0 saturated heterocycles. The summed E-state index contributed by atoms with van der Waals surface area (Å²) in [6.45, 7) is 18.5. The van der Waals surface area contributed by atoms with Gasteiger partial charge in [0.25, 0.3) is 5.91 Å². The first-order chi connectivity index (χ1) is 13.4. The normalized spacial score (nSPS) is 13.0. The average Bonchev–Trinajstić information content (AvgIpc) is 2.96. The van der Waals surface area contributed by atoms with Gasteiger partial charge >= 0.3 is 0 Å². The van der Waals surface area contributed by atoms with Gasteiger partial charge in [0.15, 0.2) is 0 Å². The van der Waals surface area contributed by atoms with E-state index in [0.29, 0.717) is 0 Å². The predicted molar refractivity (Wildman–Crippen MR) is 118 cm³/mol. The standard InChI is InChI=1S/C23H36N4O2/c1-8-12-26(16-22(2,3)4)15-18-21(23(5,6)7)24-19-14-17(11-13-27(18)19)9-10-20(28)25-29/h9-11,13-14,29H,8,12,15-16H2,1-7H3,(H,25,28). The number of amides is 1. The number of hydroxylamine groups is 1. The van der Waals surface area contributed by atoms with Gasteiger partial charge in [0.1, 0.15) is 5.65 Å². The maximum Gasteiger partial charge on any atom is 0.267 e. The molecular weight excluding hydrogens is 364 g/mol. The van der Waals surface area contributed by atoms with Crippen LogP contribution in [0.2, 0.25) is 0 Å². The number of nitrogens with zero attached hydrogens (tertiary/aromatic N) is 3. The molecule has 0 aliphatic carbocycles. The summed E-state index contributed by atoms with van der Waals surface area (Å²) in [4.78, 5) is 18.7. The Balaban J connectivity index is 2.48. The van der Waals surface area contributed by atoms with E-state index in [1.54, 1.807) is 11.6 Å². The average molecular weight is 401 g/mol. The SMILES string of the molecule is CCCN(Cc1c(C(C)(C)C)nc2cc(C=CC(=O)NO)ccn12)CC(C)(C)C. The van der Waals surface area contributed by atoms with Crippen LogP contribution >= 0.6 is 0 Å². The summed E-state index contributed by atoms with van der Waals surface area (Å²) in [5.74, 6) is -0.554. The van der Waals surface area contributed by atoms with Crippen molar-refractivity contribution in [3.05, 3.63) is 41.4 Å². The Morgan fingerprint density at radius 1 is 1.28 bits per heavy atom. The third-order valence-corrected chi connectivity index (χ3v) is 4.61. The van der Waals surface area contributed by atoms with Crippen LogP contribution in [0.25, 0.3) is 11.7 Å². The molecule has 0 saturated carbocycles. The lowest BCUT2D eigenvalue weighted by Crippen LogP contribution is -2.34. The number of pyridine rings is 1. The van der Waals surface area contributed by atoms with Gasteiger partial charge in [0, 0.05) is 30.8 Å². The summed E-state index contributed by atoms with van der Waals surface area (Å²) in [5, 5.41) is 8.65. The minimum absolute atomic E-state index is 0.0756. The largest absolute Gasteiger partial charge is 0.302 e. The van der Waals surface area contributed by atoms with Gasteiger partial charge in [-0.25, -0.2) is 10.5 Å². The number of hydrogen-bond acceptors (Lipinski definition) is 4. The second kappa shape index (κ2) is 9.09. The van der Waals surface area contributed by atoms with Crippen LogP contribution in [0.3, 0.4) is 0 Å². The van der Waals surface area contributed by atoms with E-state index in [1.165, 1.54) is 11.8 Å². The lowest BCUT2D eigenvalue weighted by Gasteiger charge is -2.30. The molecule has 2 N–H and O–H groups in total. The van der Waals surface area contributed by atoms with Gasteiger partial charge in [0.05, 0.1) is 11.4 Å². The van der Waals surface area contributed by atoms with Gasteiger partial charge in [-0.2, -0.15) is 0 Å². The summed E-state index contributed by atoms with van der Waals surface area (Å²) < 4.78 is 2.16. The number of hydrogen-bond donors (Lipinski definition) is 2. The number of carbonyl (C=O) groups is 1. The van der Waals surface area contributed by atoms with Crippen LogP contribution in [-0.2, 0) is 16.8 Å². The summed E-state index contributed by atoms with van der Waals surface area (Å²) in [6.07, 6.45) is 6.09. The van der Waals surface area contributed by atoms with Crippen LogP contribution in [0.1, 0.15) is 71.8 Å². The van der Waals surface area contributed by atoms with E-state index in [1.807, 2.05) is 18.3 Å². The van der Waals surface area contributed by atoms with Gasteiger partial charge in [0.2, 0.25) is 0 Å². The summed E-state index contributed by atoms with van der Waals surface area (Å²) >= 11 is 0. The summed E-state index contributed by atoms with van der Waals surface area (Å²) in [5.41, 5.74) is 5.79. The third-order valence-electron chi connectivity index (χ3n) is 4.61. The number of nitrogens with one attached hydrogen (secondary N) is 1. The molecular formula is C23H36N4O2. The molecule has 0 aromatic carbocycles. The minimum Gasteiger partial charge on any atom is -0.302 e. The van der Waals surface area contributed by atoms with Gasteiger partial charge < -0.3 is 4.40 Å². The van der Waals surface area contributed by atoms with Crippen LogP contribution in [0.5, 0.6) is 0 Å². The molecule has 160 valence electrons. The lowest BCUT2D eigenvalue weighted by atomic mass is 9.90. The Labute approximate surface area is 174 Å². The molecule has 29 heavy (non-hydrogen) atoms. The van der Waals surface area contributed by atoms with Gasteiger partial charge in [-0.3, -0.25) is 14.9 Å². The zero-order chi connectivity index (χ0) is 21.8. The first kappa shape index (κ1) is 23.1. The minimum atomic E-state index is -0.554. The van der Waals surface area contributed by atoms with E-state index in [9.17, 15) is 4.79 Å². The lowest BCUT2D eigenvalue weighted by molar-refractivity contribution is -0.124. The van der Waals surface area contributed by atoms with Crippen molar-refractivity contribution in [2.24, 2.45) is 5.41 Å². The van der Waals surface area contributed by atoms with Crippen LogP contribution < -0.4 is 5.48 Å². The van der Waals surface area contributed by atoms with Crippen molar-refractivity contribution in [1.29, 1.82) is 0 Å². The topological polar surface area (TPSA) is 69.9 Å². The Hall–Kier alpha value is -2.18. The Bertz CT molecular complexity index is 869. The number of fused-ring (bicyclic) bond motifs is 1. The summed E-state index contributed by atoms with van der Waals surface area (Å²) in [6, 6.07) is 3.92. The molecule has 0 aliphatic rings. The van der Waals surface area contributed by atoms with Crippen molar-refractivity contribution in [3.8, 4) is 0 Å². The molecule has 2 heterocycles. The quantitative estimate of drug-likeness (QED) is 0.410. The zero-order valence-corrected chi connectivity index (χ0v) is 18.9. The predicted octanol–water partition coefficient (Wildman–Crippen LogP) is 4.41. The van der Waals surface area contributed by atoms with E-state index in [0.717, 1.165) is 43.0 Å². The van der Waals surface area contributed by atoms with E-state index in [4.69, 9.17) is 10.2 Å². The molecule has 6 heteroatoms. The molecule has 0 unspecified atom stereocenters. The maximum absolute atomic E-state index is 11.3. The first-order valence-corrected chi connectivity index (χ1v) is 10.3. The van der Waals surface area contributed by atoms with Crippen molar-refractivity contribution < 1.29 is 10.0 Å². The van der Waals surface area contributed by atoms with Crippen LogP contribution in [0, 0.1) is 5.41 Å². The molecule has 2 aromatic rings. The highest BCUT2D eigenvalue weighted by Gasteiger charge is 2.26. The van der Waals surface area contributed by atoms with E-state index < -0.39 is 5.91 Å². The molecule has 0 atom stereocenters. The van der Waals surface area contributed by atoms with Crippen LogP contribution in [0.15, 0.2) is 24.4 Å². The fourth-order valence-electron chi connectivity index (χ4n) is 3.59. The van der Waals surface area contributed by atoms with Crippen molar-refractivity contribution in [2.75, 3.05) is 13.1 Å². The highest BCUT2D eigenvalue weighted by molar-refractivity contribution is 5.90. The number of rotatable bonds is 7. The van der Waals surface area contributed by atoms with Crippen LogP contribution in [0.4, 0.5) is 0 Å². The zero-order valence-electron chi connectivity index (χ0n) is 18.9. The Morgan fingerprint density at radius 2 is 1.97 bits per heavy atom. The molecule has 1 amide bonds. The molecule has 0 aliphatic heterocycles. The Kier molecular flexibility index (Phi) is 7.25. The van der Waals surface area contributed by atoms with Gasteiger partial charge in [-0.1, -0.05) is 48.5 Å². The molecule has 0 radical (unpaired) electrons. The highest BCUT2D eigenvalue weighted by Crippen LogP contribution is 2.29. The number of imidazole rings is 1. The second-order valence-corrected chi connectivity index (χ2v) is 9.93.